The molecule has 6 heteroatoms. The Labute approximate surface area is 124 Å². The first-order valence-electron chi connectivity index (χ1n) is 6.56. The van der Waals surface area contributed by atoms with Crippen molar-refractivity contribution in [2.45, 2.75) is 27.2 Å². The summed E-state index contributed by atoms with van der Waals surface area (Å²) in [5, 5.41) is 16.2. The van der Waals surface area contributed by atoms with Crippen molar-refractivity contribution in [3.05, 3.63) is 24.0 Å². The quantitative estimate of drug-likeness (QED) is 0.248. The number of carbonyl (C=O) groups is 2. The molecule has 0 amide bonds. The molecule has 0 spiro atoms. The van der Waals surface area contributed by atoms with Crippen LogP contribution in [0.15, 0.2) is 29.1 Å². The molecule has 0 N–H and O–H groups in total. The van der Waals surface area contributed by atoms with Crippen LogP contribution < -0.4 is 5.11 Å². The molecule has 21 heavy (non-hydrogen) atoms. The van der Waals surface area contributed by atoms with Crippen molar-refractivity contribution in [3.63, 3.8) is 0 Å². The van der Waals surface area contributed by atoms with Gasteiger partial charge in [-0.2, -0.15) is 0 Å². The molecule has 0 fully saturated rings. The van der Waals surface area contributed by atoms with Gasteiger partial charge in [0.15, 0.2) is 5.78 Å². The Kier molecular flexibility index (Phi) is 5.29. The van der Waals surface area contributed by atoms with Gasteiger partial charge < -0.3 is 14.7 Å². The van der Waals surface area contributed by atoms with Crippen LogP contribution in [0, 0.1) is 11.3 Å². The number of hydrogen-bond donors (Lipinski definition) is 0. The third-order valence-corrected chi connectivity index (χ3v) is 3.38. The predicted octanol–water partition coefficient (Wildman–Crippen LogP) is 0.967. The van der Waals surface area contributed by atoms with Gasteiger partial charge in [-0.15, -0.1) is 5.76 Å². The van der Waals surface area contributed by atoms with Crippen molar-refractivity contribution < 1.29 is 24.3 Å². The summed E-state index contributed by atoms with van der Waals surface area (Å²) in [7, 11) is 1.22. The zero-order chi connectivity index (χ0) is 16.2. The Bertz CT molecular complexity index is 516. The van der Waals surface area contributed by atoms with E-state index >= 15 is 0 Å². The number of carbonyl (C=O) groups excluding carboxylic acids is 2. The van der Waals surface area contributed by atoms with E-state index in [1.807, 2.05) is 0 Å². The van der Waals surface area contributed by atoms with E-state index in [1.165, 1.54) is 20.1 Å². The topological polar surface area (TPSA) is 88.0 Å². The molecule has 1 aliphatic rings. The van der Waals surface area contributed by atoms with Crippen molar-refractivity contribution in [1.82, 2.24) is 0 Å². The zero-order valence-corrected chi connectivity index (χ0v) is 12.8. The van der Waals surface area contributed by atoms with Gasteiger partial charge in [0.05, 0.1) is 18.7 Å². The minimum absolute atomic E-state index is 0.0716. The summed E-state index contributed by atoms with van der Waals surface area (Å²) in [6.45, 7) is 8.53. The maximum absolute atomic E-state index is 12.5. The van der Waals surface area contributed by atoms with Crippen LogP contribution in [-0.4, -0.2) is 31.2 Å². The van der Waals surface area contributed by atoms with Gasteiger partial charge in [0.2, 0.25) is 0 Å². The molecule has 6 nitrogen and oxygen atoms in total. The first kappa shape index (κ1) is 16.9. The maximum atomic E-state index is 12.5. The van der Waals surface area contributed by atoms with E-state index < -0.39 is 23.1 Å². The monoisotopic (exact) mass is 294 g/mol. The van der Waals surface area contributed by atoms with Gasteiger partial charge in [0.25, 0.3) is 0 Å². The second-order valence-electron chi connectivity index (χ2n) is 5.55. The fourth-order valence-corrected chi connectivity index (χ4v) is 2.40. The normalized spacial score (nSPS) is 22.0. The average molecular weight is 294 g/mol. The molecule has 0 bridgehead atoms. The molecular formula is C15H20NO5-. The second kappa shape index (κ2) is 6.56. The van der Waals surface area contributed by atoms with E-state index in [-0.39, 0.29) is 30.1 Å². The molecule has 0 saturated heterocycles. The van der Waals surface area contributed by atoms with E-state index in [2.05, 4.69) is 16.5 Å². The number of oxime groups is 1. The molecular weight excluding hydrogens is 274 g/mol. The smallest absolute Gasteiger partial charge is 0.312 e. The molecule has 1 unspecified atom stereocenters. The lowest BCUT2D eigenvalue weighted by atomic mass is 9.68. The molecule has 0 aliphatic heterocycles. The number of ketones is 1. The second-order valence-corrected chi connectivity index (χ2v) is 5.55. The summed E-state index contributed by atoms with van der Waals surface area (Å²) in [6.07, 6.45) is 1.56. The van der Waals surface area contributed by atoms with Gasteiger partial charge in [-0.05, 0) is 12.3 Å². The number of esters is 1. The van der Waals surface area contributed by atoms with Crippen LogP contribution in [0.3, 0.4) is 0 Å². The SMILES string of the molecule is C=CCO/N=C(\C)C1=C([O-])C(C(=O)OC)C(C)(C)CC1=O. The average Bonchev–Trinajstić information content (AvgIpc) is 2.36. The van der Waals surface area contributed by atoms with E-state index in [9.17, 15) is 14.7 Å². The van der Waals surface area contributed by atoms with Crippen molar-refractivity contribution in [3.8, 4) is 0 Å². The van der Waals surface area contributed by atoms with E-state index in [1.54, 1.807) is 13.8 Å². The van der Waals surface area contributed by atoms with Gasteiger partial charge in [-0.3, -0.25) is 9.59 Å². The minimum Gasteiger partial charge on any atom is -0.874 e. The highest BCUT2D eigenvalue weighted by molar-refractivity contribution is 6.22. The van der Waals surface area contributed by atoms with Gasteiger partial charge in [-0.1, -0.05) is 31.7 Å². The van der Waals surface area contributed by atoms with Crippen molar-refractivity contribution >= 4 is 17.5 Å². The summed E-state index contributed by atoms with van der Waals surface area (Å²) in [5.41, 5.74) is -0.711. The third-order valence-electron chi connectivity index (χ3n) is 3.38. The van der Waals surface area contributed by atoms with E-state index in [0.29, 0.717) is 0 Å². The zero-order valence-electron chi connectivity index (χ0n) is 12.8. The molecule has 0 aromatic rings. The fraction of sp³-hybridized carbons (Fsp3) is 0.533. The lowest BCUT2D eigenvalue weighted by Gasteiger charge is -2.41. The maximum Gasteiger partial charge on any atom is 0.312 e. The summed E-state index contributed by atoms with van der Waals surface area (Å²) in [4.78, 5) is 29.0. The molecule has 0 aromatic carbocycles. The number of allylic oxidation sites excluding steroid dienone is 1. The Hall–Kier alpha value is -2.11. The number of Topliss-reactive ketones (excluding diaryl/α,β-unsaturated/α-hetero) is 1. The summed E-state index contributed by atoms with van der Waals surface area (Å²) in [5.74, 6) is -2.56. The van der Waals surface area contributed by atoms with Gasteiger partial charge in [0, 0.05) is 12.0 Å². The van der Waals surface area contributed by atoms with Crippen LogP contribution in [0.25, 0.3) is 0 Å². The molecule has 0 radical (unpaired) electrons. The molecule has 0 saturated carbocycles. The third kappa shape index (κ3) is 3.51. The highest BCUT2D eigenvalue weighted by Crippen LogP contribution is 2.41. The van der Waals surface area contributed by atoms with Crippen LogP contribution in [0.4, 0.5) is 0 Å². The number of ether oxygens (including phenoxy) is 1. The summed E-state index contributed by atoms with van der Waals surface area (Å²) < 4.78 is 4.69. The molecule has 0 heterocycles. The Balaban J connectivity index is 3.27. The molecule has 116 valence electrons. The Morgan fingerprint density at radius 1 is 1.57 bits per heavy atom. The van der Waals surface area contributed by atoms with Crippen molar-refractivity contribution in [1.29, 1.82) is 0 Å². The number of methoxy groups -OCH3 is 1. The van der Waals surface area contributed by atoms with Crippen molar-refractivity contribution in [2.24, 2.45) is 16.5 Å². The number of rotatable bonds is 5. The van der Waals surface area contributed by atoms with E-state index in [0.717, 1.165) is 0 Å². The van der Waals surface area contributed by atoms with Crippen LogP contribution >= 0.6 is 0 Å². The first-order chi connectivity index (χ1) is 9.76. The van der Waals surface area contributed by atoms with Crippen LogP contribution in [0.2, 0.25) is 0 Å². The predicted molar refractivity (Wildman–Crippen MR) is 75.2 cm³/mol. The Morgan fingerprint density at radius 2 is 2.19 bits per heavy atom. The highest BCUT2D eigenvalue weighted by atomic mass is 16.6. The lowest BCUT2D eigenvalue weighted by Crippen LogP contribution is -2.45. The van der Waals surface area contributed by atoms with Gasteiger partial charge >= 0.3 is 5.97 Å². The van der Waals surface area contributed by atoms with Crippen LogP contribution in [-0.2, 0) is 19.2 Å². The molecule has 1 aliphatic carbocycles. The fourth-order valence-electron chi connectivity index (χ4n) is 2.40. The van der Waals surface area contributed by atoms with Gasteiger partial charge in [0.1, 0.15) is 6.61 Å². The first-order valence-corrected chi connectivity index (χ1v) is 6.56. The molecule has 1 atom stereocenters. The largest absolute Gasteiger partial charge is 0.874 e. The summed E-state index contributed by atoms with van der Waals surface area (Å²) in [6, 6.07) is 0. The molecule has 0 aromatic heterocycles. The minimum atomic E-state index is -1.01. The van der Waals surface area contributed by atoms with Gasteiger partial charge in [-0.25, -0.2) is 0 Å². The van der Waals surface area contributed by atoms with Crippen LogP contribution in [0.1, 0.15) is 27.2 Å². The number of hydrogen-bond acceptors (Lipinski definition) is 6. The standard InChI is InChI=1S/C15H21NO5/c1-6-7-21-16-9(2)11-10(17)8-15(3,4)12(13(11)18)14(19)20-5/h6,12,18H,1,7-8H2,2-5H3/p-1/b16-9+. The Morgan fingerprint density at radius 3 is 2.71 bits per heavy atom. The van der Waals surface area contributed by atoms with E-state index in [4.69, 9.17) is 4.84 Å². The number of nitrogens with zero attached hydrogens (tertiary/aromatic N) is 1. The lowest BCUT2D eigenvalue weighted by molar-refractivity contribution is -0.320. The molecule has 1 rings (SSSR count). The van der Waals surface area contributed by atoms with Crippen molar-refractivity contribution in [2.75, 3.05) is 13.7 Å². The van der Waals surface area contributed by atoms with Crippen LogP contribution in [0.5, 0.6) is 0 Å². The highest BCUT2D eigenvalue weighted by Gasteiger charge is 2.43. The summed E-state index contributed by atoms with van der Waals surface area (Å²) >= 11 is 0.